The standard InChI is InChI=1S/C52H95NO4/c1-3-5-7-9-11-13-15-17-19-21-23-24-25-26-28-29-31-33-35-37-39-41-43-45-49(55)47-52(57)53-50(48-54)51(56)46-44-42-40-38-36-34-32-30-27-22-20-18-16-14-12-10-8-6-4-2/h23-24,26-28,30,36,38,44,46,49-51,54-56H,3-22,25,29,31-35,37,39-43,45,47-48H2,1-2H3,(H,53,57)/b24-23-,28-26-,30-27+,38-36+,46-44+. The Bertz CT molecular complexity index is 969. The number of unbranched alkanes of at least 4 members (excludes halogenated alkanes) is 27. The molecular weight excluding hydrogens is 703 g/mol. The van der Waals surface area contributed by atoms with E-state index in [1.807, 2.05) is 6.08 Å². The second-order valence-corrected chi connectivity index (χ2v) is 16.7. The molecule has 0 spiro atoms. The smallest absolute Gasteiger partial charge is 0.222 e. The lowest BCUT2D eigenvalue weighted by Crippen LogP contribution is -2.45. The number of carbonyl (C=O) groups excluding carboxylic acids is 1. The fraction of sp³-hybridized carbons (Fsp3) is 0.788. The van der Waals surface area contributed by atoms with E-state index in [9.17, 15) is 20.1 Å². The minimum absolute atomic E-state index is 0.00517. The maximum absolute atomic E-state index is 12.5. The molecule has 0 aliphatic carbocycles. The fourth-order valence-electron chi connectivity index (χ4n) is 7.23. The van der Waals surface area contributed by atoms with Crippen molar-refractivity contribution in [3.63, 3.8) is 0 Å². The van der Waals surface area contributed by atoms with E-state index in [0.29, 0.717) is 6.42 Å². The summed E-state index contributed by atoms with van der Waals surface area (Å²) in [5, 5.41) is 33.3. The summed E-state index contributed by atoms with van der Waals surface area (Å²) in [6.45, 7) is 4.20. The van der Waals surface area contributed by atoms with E-state index in [0.717, 1.165) is 51.4 Å². The minimum atomic E-state index is -0.965. The van der Waals surface area contributed by atoms with Gasteiger partial charge >= 0.3 is 0 Å². The summed E-state index contributed by atoms with van der Waals surface area (Å²) in [5.41, 5.74) is 0. The Morgan fingerprint density at radius 3 is 1.23 bits per heavy atom. The molecule has 0 aromatic heterocycles. The third-order valence-electron chi connectivity index (χ3n) is 11.0. The summed E-state index contributed by atoms with van der Waals surface area (Å²) >= 11 is 0. The lowest BCUT2D eigenvalue weighted by Gasteiger charge is -2.21. The van der Waals surface area contributed by atoms with Gasteiger partial charge in [-0.2, -0.15) is 0 Å². The van der Waals surface area contributed by atoms with Crippen LogP contribution in [-0.2, 0) is 4.79 Å². The number of hydrogen-bond acceptors (Lipinski definition) is 4. The number of nitrogens with one attached hydrogen (secondary N) is 1. The molecule has 0 saturated heterocycles. The second-order valence-electron chi connectivity index (χ2n) is 16.7. The normalized spacial score (nSPS) is 14.0. The van der Waals surface area contributed by atoms with Gasteiger partial charge in [0.25, 0.3) is 0 Å². The Kier molecular flexibility index (Phi) is 45.1. The van der Waals surface area contributed by atoms with Gasteiger partial charge in [0, 0.05) is 0 Å². The Morgan fingerprint density at radius 2 is 0.807 bits per heavy atom. The van der Waals surface area contributed by atoms with Crippen LogP contribution in [0.5, 0.6) is 0 Å². The van der Waals surface area contributed by atoms with E-state index in [1.54, 1.807) is 6.08 Å². The van der Waals surface area contributed by atoms with Crippen LogP contribution < -0.4 is 5.32 Å². The summed E-state index contributed by atoms with van der Waals surface area (Å²) in [4.78, 5) is 12.5. The van der Waals surface area contributed by atoms with Crippen molar-refractivity contribution in [2.24, 2.45) is 0 Å². The molecule has 0 radical (unpaired) electrons. The first-order valence-electron chi connectivity index (χ1n) is 24.6. The third-order valence-corrected chi connectivity index (χ3v) is 11.0. The topological polar surface area (TPSA) is 89.8 Å². The molecular formula is C52H95NO4. The molecule has 332 valence electrons. The van der Waals surface area contributed by atoms with Crippen LogP contribution in [0.1, 0.15) is 239 Å². The molecule has 0 heterocycles. The van der Waals surface area contributed by atoms with Crippen molar-refractivity contribution in [3.05, 3.63) is 60.8 Å². The molecule has 3 atom stereocenters. The molecule has 4 N–H and O–H groups in total. The lowest BCUT2D eigenvalue weighted by atomic mass is 10.0. The van der Waals surface area contributed by atoms with E-state index >= 15 is 0 Å². The molecule has 0 aliphatic rings. The molecule has 0 fully saturated rings. The minimum Gasteiger partial charge on any atom is -0.394 e. The van der Waals surface area contributed by atoms with Crippen molar-refractivity contribution in [1.29, 1.82) is 0 Å². The number of carbonyl (C=O) groups is 1. The van der Waals surface area contributed by atoms with Crippen molar-refractivity contribution >= 4 is 5.91 Å². The lowest BCUT2D eigenvalue weighted by molar-refractivity contribution is -0.124. The Balaban J connectivity index is 3.72. The maximum Gasteiger partial charge on any atom is 0.222 e. The summed E-state index contributed by atoms with van der Waals surface area (Å²) in [5.74, 6) is -0.335. The van der Waals surface area contributed by atoms with Gasteiger partial charge in [-0.3, -0.25) is 4.79 Å². The summed E-state index contributed by atoms with van der Waals surface area (Å²) in [7, 11) is 0. The zero-order chi connectivity index (χ0) is 41.5. The van der Waals surface area contributed by atoms with E-state index in [2.05, 4.69) is 67.8 Å². The monoisotopic (exact) mass is 798 g/mol. The van der Waals surface area contributed by atoms with Crippen LogP contribution in [0.25, 0.3) is 0 Å². The molecule has 3 unspecified atom stereocenters. The van der Waals surface area contributed by atoms with Crippen LogP contribution in [-0.4, -0.2) is 46.1 Å². The number of allylic oxidation sites excluding steroid dienone is 9. The van der Waals surface area contributed by atoms with Crippen LogP contribution in [0.4, 0.5) is 0 Å². The van der Waals surface area contributed by atoms with Crippen LogP contribution in [0.2, 0.25) is 0 Å². The molecule has 57 heavy (non-hydrogen) atoms. The molecule has 5 heteroatoms. The first-order valence-corrected chi connectivity index (χ1v) is 24.6. The van der Waals surface area contributed by atoms with Gasteiger partial charge in [0.15, 0.2) is 0 Å². The fourth-order valence-corrected chi connectivity index (χ4v) is 7.23. The maximum atomic E-state index is 12.5. The quantitative estimate of drug-likeness (QED) is 0.0365. The van der Waals surface area contributed by atoms with Crippen molar-refractivity contribution in [2.45, 2.75) is 257 Å². The van der Waals surface area contributed by atoms with E-state index in [1.165, 1.54) is 161 Å². The van der Waals surface area contributed by atoms with Crippen molar-refractivity contribution < 1.29 is 20.1 Å². The number of aliphatic hydroxyl groups is 3. The van der Waals surface area contributed by atoms with E-state index in [-0.39, 0.29) is 18.9 Å². The van der Waals surface area contributed by atoms with Gasteiger partial charge in [-0.1, -0.05) is 216 Å². The molecule has 0 aromatic rings. The predicted octanol–water partition coefficient (Wildman–Crippen LogP) is 14.7. The van der Waals surface area contributed by atoms with Crippen LogP contribution in [0.3, 0.4) is 0 Å². The zero-order valence-corrected chi connectivity index (χ0v) is 37.7. The second kappa shape index (κ2) is 46.7. The number of hydrogen-bond donors (Lipinski definition) is 4. The van der Waals surface area contributed by atoms with Gasteiger partial charge in [-0.25, -0.2) is 0 Å². The van der Waals surface area contributed by atoms with Crippen molar-refractivity contribution in [3.8, 4) is 0 Å². The highest BCUT2D eigenvalue weighted by Crippen LogP contribution is 2.14. The molecule has 0 saturated carbocycles. The van der Waals surface area contributed by atoms with Gasteiger partial charge in [0.1, 0.15) is 0 Å². The summed E-state index contributed by atoms with van der Waals surface area (Å²) < 4.78 is 0. The van der Waals surface area contributed by atoms with Crippen LogP contribution >= 0.6 is 0 Å². The highest BCUT2D eigenvalue weighted by atomic mass is 16.3. The van der Waals surface area contributed by atoms with Crippen LogP contribution in [0, 0.1) is 0 Å². The van der Waals surface area contributed by atoms with Crippen molar-refractivity contribution in [2.75, 3.05) is 6.61 Å². The first kappa shape index (κ1) is 55.0. The molecule has 0 aromatic carbocycles. The largest absolute Gasteiger partial charge is 0.394 e. The third kappa shape index (κ3) is 43.5. The average molecular weight is 798 g/mol. The molecule has 0 aliphatic heterocycles. The molecule has 1 amide bonds. The van der Waals surface area contributed by atoms with Gasteiger partial charge < -0.3 is 20.6 Å². The van der Waals surface area contributed by atoms with Gasteiger partial charge in [-0.05, 0) is 77.0 Å². The molecule has 0 rings (SSSR count). The summed E-state index contributed by atoms with van der Waals surface area (Å²) in [6, 6.07) is -0.773. The first-order chi connectivity index (χ1) is 28.0. The number of aliphatic hydroxyl groups excluding tert-OH is 3. The van der Waals surface area contributed by atoms with Crippen LogP contribution in [0.15, 0.2) is 60.8 Å². The highest BCUT2D eigenvalue weighted by Gasteiger charge is 2.20. The predicted molar refractivity (Wildman–Crippen MR) is 250 cm³/mol. The summed E-state index contributed by atoms with van der Waals surface area (Å²) in [6.07, 6.45) is 62.3. The highest BCUT2D eigenvalue weighted by molar-refractivity contribution is 5.76. The number of amides is 1. The Hall–Kier alpha value is -1.95. The SMILES string of the molecule is CCCCCCCCCCC/C=C\C/C=C\CCCCCCCCCC(O)CC(=O)NC(CO)C(O)/C=C/CC/C=C/CC/C=C/CCCCCCCCCCC. The van der Waals surface area contributed by atoms with Gasteiger partial charge in [0.05, 0.1) is 31.3 Å². The van der Waals surface area contributed by atoms with E-state index < -0.39 is 18.2 Å². The van der Waals surface area contributed by atoms with Gasteiger partial charge in [-0.15, -0.1) is 0 Å². The molecule has 0 bridgehead atoms. The van der Waals surface area contributed by atoms with E-state index in [4.69, 9.17) is 0 Å². The molecule has 5 nitrogen and oxygen atoms in total. The Morgan fingerprint density at radius 1 is 0.456 bits per heavy atom. The average Bonchev–Trinajstić information content (AvgIpc) is 3.20. The Labute approximate surface area is 354 Å². The van der Waals surface area contributed by atoms with Crippen molar-refractivity contribution in [1.82, 2.24) is 5.32 Å². The van der Waals surface area contributed by atoms with Gasteiger partial charge in [0.2, 0.25) is 5.91 Å². The zero-order valence-electron chi connectivity index (χ0n) is 37.7. The number of rotatable bonds is 44.